The fourth-order valence-corrected chi connectivity index (χ4v) is 3.27. The number of methoxy groups -OCH3 is 1. The maximum absolute atomic E-state index is 13.8. The molecule has 3 rings (SSSR count). The molecule has 156 valence electrons. The maximum atomic E-state index is 13.8. The normalized spacial score (nSPS) is 10.5. The zero-order valence-corrected chi connectivity index (χ0v) is 17.4. The topological polar surface area (TPSA) is 67.8 Å². The molecule has 0 radical (unpaired) electrons. The first kappa shape index (κ1) is 21.7. The molecule has 0 unspecified atom stereocenters. The molecule has 30 heavy (non-hydrogen) atoms. The van der Waals surface area contributed by atoms with Crippen molar-refractivity contribution in [2.24, 2.45) is 0 Å². The van der Waals surface area contributed by atoms with Crippen molar-refractivity contribution < 1.29 is 23.8 Å². The number of halogens is 3. The van der Waals surface area contributed by atoms with Gasteiger partial charge in [-0.15, -0.1) is 0 Å². The largest absolute Gasteiger partial charge is 0.493 e. The molecule has 0 aliphatic carbocycles. The number of carboxylic acid groups (broad SMARTS) is 1. The van der Waals surface area contributed by atoms with Crippen LogP contribution in [0.2, 0.25) is 10.0 Å². The smallest absolute Gasteiger partial charge is 0.337 e. The van der Waals surface area contributed by atoms with E-state index in [0.717, 1.165) is 5.56 Å². The predicted molar refractivity (Wildman–Crippen MR) is 114 cm³/mol. The number of rotatable bonds is 8. The van der Waals surface area contributed by atoms with Gasteiger partial charge in [-0.2, -0.15) is 0 Å². The lowest BCUT2D eigenvalue weighted by molar-refractivity contribution is 0.0697. The summed E-state index contributed by atoms with van der Waals surface area (Å²) in [5, 5.41) is 12.8. The highest BCUT2D eigenvalue weighted by Gasteiger charge is 2.14. The fraction of sp³-hybridized carbons (Fsp3) is 0.136. The number of benzene rings is 3. The van der Waals surface area contributed by atoms with Crippen molar-refractivity contribution in [1.82, 2.24) is 0 Å². The first-order valence-corrected chi connectivity index (χ1v) is 9.64. The summed E-state index contributed by atoms with van der Waals surface area (Å²) < 4.78 is 24.9. The first-order valence-electron chi connectivity index (χ1n) is 8.88. The molecule has 2 N–H and O–H groups in total. The van der Waals surface area contributed by atoms with Crippen LogP contribution in [0.1, 0.15) is 21.5 Å². The predicted octanol–water partition coefficient (Wildman–Crippen LogP) is 6.03. The number of nitrogens with one attached hydrogen (secondary N) is 1. The Balaban J connectivity index is 1.74. The van der Waals surface area contributed by atoms with Gasteiger partial charge in [0.1, 0.15) is 12.4 Å². The van der Waals surface area contributed by atoms with Crippen molar-refractivity contribution in [2.45, 2.75) is 13.2 Å². The van der Waals surface area contributed by atoms with Crippen molar-refractivity contribution >= 4 is 34.9 Å². The first-order chi connectivity index (χ1) is 14.4. The minimum Gasteiger partial charge on any atom is -0.493 e. The number of carboxylic acids is 1. The lowest BCUT2D eigenvalue weighted by Crippen LogP contribution is -2.04. The Bertz CT molecular complexity index is 1070. The van der Waals surface area contributed by atoms with Crippen molar-refractivity contribution in [2.75, 3.05) is 12.4 Å². The number of carbonyl (C=O) groups is 1. The second-order valence-electron chi connectivity index (χ2n) is 6.34. The summed E-state index contributed by atoms with van der Waals surface area (Å²) >= 11 is 12.3. The van der Waals surface area contributed by atoms with Gasteiger partial charge >= 0.3 is 5.97 Å². The lowest BCUT2D eigenvalue weighted by Gasteiger charge is -2.15. The van der Waals surface area contributed by atoms with E-state index in [-0.39, 0.29) is 23.0 Å². The van der Waals surface area contributed by atoms with Gasteiger partial charge in [0, 0.05) is 17.8 Å². The van der Waals surface area contributed by atoms with Gasteiger partial charge in [0.25, 0.3) is 0 Å². The Hall–Kier alpha value is -2.96. The van der Waals surface area contributed by atoms with E-state index in [2.05, 4.69) is 5.32 Å². The highest BCUT2D eigenvalue weighted by atomic mass is 35.5. The minimum absolute atomic E-state index is 0.00307. The molecule has 0 fully saturated rings. The molecular weight excluding hydrogens is 432 g/mol. The quantitative estimate of drug-likeness (QED) is 0.439. The van der Waals surface area contributed by atoms with Gasteiger partial charge in [0.15, 0.2) is 11.5 Å². The molecule has 0 aliphatic heterocycles. The number of hydrogen-bond acceptors (Lipinski definition) is 4. The average molecular weight is 450 g/mol. The second kappa shape index (κ2) is 9.69. The Morgan fingerprint density at radius 3 is 2.57 bits per heavy atom. The van der Waals surface area contributed by atoms with Gasteiger partial charge in [0.05, 0.1) is 22.7 Å². The summed E-state index contributed by atoms with van der Waals surface area (Å²) in [5.74, 6) is -0.759. The van der Waals surface area contributed by atoms with Crippen LogP contribution in [0.15, 0.2) is 54.6 Å². The monoisotopic (exact) mass is 449 g/mol. The standard InChI is InChI=1S/C22H18Cl2FNO4/c1-29-20-9-13(11-26-15-6-7-17(23)16(10-15)22(27)28)8-18(24)21(20)30-12-14-4-2-3-5-19(14)25/h2-10,26H,11-12H2,1H3,(H,27,28). The van der Waals surface area contributed by atoms with Crippen molar-refractivity contribution in [3.05, 3.63) is 87.2 Å². The molecule has 3 aromatic carbocycles. The Morgan fingerprint density at radius 1 is 1.10 bits per heavy atom. The molecule has 0 amide bonds. The summed E-state index contributed by atoms with van der Waals surface area (Å²) in [6.45, 7) is 0.355. The summed E-state index contributed by atoms with van der Waals surface area (Å²) in [5.41, 5.74) is 1.78. The highest BCUT2D eigenvalue weighted by molar-refractivity contribution is 6.33. The van der Waals surface area contributed by atoms with E-state index in [0.29, 0.717) is 34.3 Å². The third-order valence-corrected chi connectivity index (χ3v) is 4.92. The third-order valence-electron chi connectivity index (χ3n) is 4.31. The molecule has 0 aliphatic rings. The van der Waals surface area contributed by atoms with Crippen LogP contribution in [0.25, 0.3) is 0 Å². The SMILES string of the molecule is COc1cc(CNc2ccc(Cl)c(C(=O)O)c2)cc(Cl)c1OCc1ccccc1F. The van der Waals surface area contributed by atoms with Gasteiger partial charge in [-0.05, 0) is 42.0 Å². The van der Waals surface area contributed by atoms with Crippen LogP contribution in [0.4, 0.5) is 10.1 Å². The number of ether oxygens (including phenoxy) is 2. The summed E-state index contributed by atoms with van der Waals surface area (Å²) in [7, 11) is 1.48. The number of hydrogen-bond donors (Lipinski definition) is 2. The van der Waals surface area contributed by atoms with E-state index in [4.69, 9.17) is 32.7 Å². The van der Waals surface area contributed by atoms with Crippen LogP contribution in [0.3, 0.4) is 0 Å². The van der Waals surface area contributed by atoms with E-state index in [1.807, 2.05) is 0 Å². The highest BCUT2D eigenvalue weighted by Crippen LogP contribution is 2.37. The van der Waals surface area contributed by atoms with Crippen molar-refractivity contribution in [3.8, 4) is 11.5 Å². The zero-order chi connectivity index (χ0) is 21.7. The van der Waals surface area contributed by atoms with E-state index in [9.17, 15) is 14.3 Å². The average Bonchev–Trinajstić information content (AvgIpc) is 2.72. The van der Waals surface area contributed by atoms with Gasteiger partial charge in [0.2, 0.25) is 0 Å². The van der Waals surface area contributed by atoms with Crippen LogP contribution >= 0.6 is 23.2 Å². The Labute approximate surface area is 183 Å². The van der Waals surface area contributed by atoms with Crippen LogP contribution in [0.5, 0.6) is 11.5 Å². The van der Waals surface area contributed by atoms with Crippen LogP contribution in [-0.2, 0) is 13.2 Å². The molecule has 0 atom stereocenters. The molecule has 0 saturated heterocycles. The molecule has 0 aromatic heterocycles. The van der Waals surface area contributed by atoms with E-state index >= 15 is 0 Å². The van der Waals surface area contributed by atoms with Gasteiger partial charge in [-0.3, -0.25) is 0 Å². The van der Waals surface area contributed by atoms with Crippen LogP contribution in [0, 0.1) is 5.82 Å². The maximum Gasteiger partial charge on any atom is 0.337 e. The Morgan fingerprint density at radius 2 is 1.87 bits per heavy atom. The summed E-state index contributed by atoms with van der Waals surface area (Å²) in [6, 6.07) is 14.4. The van der Waals surface area contributed by atoms with Crippen molar-refractivity contribution in [3.63, 3.8) is 0 Å². The molecular formula is C22H18Cl2FNO4. The number of aromatic carboxylic acids is 1. The third kappa shape index (κ3) is 5.14. The number of anilines is 1. The molecule has 0 spiro atoms. The van der Waals surface area contributed by atoms with Gasteiger partial charge in [-0.25, -0.2) is 9.18 Å². The minimum atomic E-state index is -1.11. The van der Waals surface area contributed by atoms with Crippen molar-refractivity contribution in [1.29, 1.82) is 0 Å². The van der Waals surface area contributed by atoms with Crippen LogP contribution < -0.4 is 14.8 Å². The molecule has 0 saturated carbocycles. The summed E-state index contributed by atoms with van der Waals surface area (Å²) in [6.07, 6.45) is 0. The molecule has 5 nitrogen and oxygen atoms in total. The van der Waals surface area contributed by atoms with Gasteiger partial charge < -0.3 is 19.9 Å². The molecule has 8 heteroatoms. The lowest BCUT2D eigenvalue weighted by atomic mass is 10.1. The van der Waals surface area contributed by atoms with Gasteiger partial charge in [-0.1, -0.05) is 41.4 Å². The van der Waals surface area contributed by atoms with E-state index in [1.165, 1.54) is 25.3 Å². The molecule has 0 heterocycles. The second-order valence-corrected chi connectivity index (χ2v) is 7.16. The molecule has 0 bridgehead atoms. The summed E-state index contributed by atoms with van der Waals surface area (Å²) in [4.78, 5) is 11.2. The zero-order valence-electron chi connectivity index (χ0n) is 15.9. The van der Waals surface area contributed by atoms with Crippen LogP contribution in [-0.4, -0.2) is 18.2 Å². The van der Waals surface area contributed by atoms with E-state index in [1.54, 1.807) is 36.4 Å². The van der Waals surface area contributed by atoms with E-state index < -0.39 is 5.97 Å². The molecule has 3 aromatic rings. The Kier molecular flexibility index (Phi) is 7.03. The fourth-order valence-electron chi connectivity index (χ4n) is 2.78.